The number of aliphatic hydroxyl groups excluding tert-OH is 2. The quantitative estimate of drug-likeness (QED) is 0.391. The Balaban J connectivity index is 1.29. The SMILES string of the molecule is O=C(NCCC(O)C(O)c1cc(Cl)cc(Br)c1)OCC1c2ccccc2-c2ccccc21. The number of amides is 1. The first-order chi connectivity index (χ1) is 15.4. The minimum absolute atomic E-state index is 0.0122. The van der Waals surface area contributed by atoms with Gasteiger partial charge in [0.1, 0.15) is 12.7 Å². The molecule has 0 aromatic heterocycles. The normalized spacial score (nSPS) is 14.4. The summed E-state index contributed by atoms with van der Waals surface area (Å²) in [4.78, 5) is 12.2. The van der Waals surface area contributed by atoms with E-state index < -0.39 is 18.3 Å². The average Bonchev–Trinajstić information content (AvgIpc) is 3.10. The van der Waals surface area contributed by atoms with E-state index in [0.717, 1.165) is 11.1 Å². The first-order valence-electron chi connectivity index (χ1n) is 10.3. The molecule has 0 bridgehead atoms. The number of aliphatic hydroxyl groups is 2. The van der Waals surface area contributed by atoms with Crippen LogP contribution in [0.3, 0.4) is 0 Å². The van der Waals surface area contributed by atoms with E-state index in [1.165, 1.54) is 11.1 Å². The molecule has 1 aliphatic carbocycles. The van der Waals surface area contributed by atoms with E-state index in [1.807, 2.05) is 24.3 Å². The van der Waals surface area contributed by atoms with Gasteiger partial charge in [0.05, 0.1) is 6.10 Å². The van der Waals surface area contributed by atoms with Crippen molar-refractivity contribution in [2.75, 3.05) is 13.2 Å². The Hall–Kier alpha value is -2.38. The van der Waals surface area contributed by atoms with Crippen molar-refractivity contribution in [3.05, 3.63) is 92.9 Å². The van der Waals surface area contributed by atoms with Gasteiger partial charge in [0.25, 0.3) is 0 Å². The third kappa shape index (κ3) is 4.99. The van der Waals surface area contributed by atoms with Crippen LogP contribution in [0.25, 0.3) is 11.1 Å². The highest BCUT2D eigenvalue weighted by Crippen LogP contribution is 2.44. The van der Waals surface area contributed by atoms with Crippen LogP contribution in [0.2, 0.25) is 5.02 Å². The van der Waals surface area contributed by atoms with E-state index in [4.69, 9.17) is 16.3 Å². The van der Waals surface area contributed by atoms with Gasteiger partial charge in [0, 0.05) is 22.0 Å². The molecule has 7 heteroatoms. The summed E-state index contributed by atoms with van der Waals surface area (Å²) in [6, 6.07) is 21.3. The van der Waals surface area contributed by atoms with Crippen LogP contribution in [0.4, 0.5) is 4.79 Å². The van der Waals surface area contributed by atoms with Crippen molar-refractivity contribution < 1.29 is 19.7 Å². The molecule has 32 heavy (non-hydrogen) atoms. The number of nitrogens with one attached hydrogen (secondary N) is 1. The Kier molecular flexibility index (Phi) is 7.16. The Labute approximate surface area is 200 Å². The summed E-state index contributed by atoms with van der Waals surface area (Å²) in [7, 11) is 0. The van der Waals surface area contributed by atoms with Gasteiger partial charge in [-0.2, -0.15) is 0 Å². The van der Waals surface area contributed by atoms with Crippen LogP contribution in [0, 0.1) is 0 Å². The molecule has 0 aliphatic heterocycles. The molecule has 0 heterocycles. The third-order valence-electron chi connectivity index (χ3n) is 5.64. The first kappa shape index (κ1) is 22.8. The van der Waals surface area contributed by atoms with Crippen molar-refractivity contribution in [3.63, 3.8) is 0 Å². The molecule has 3 N–H and O–H groups in total. The van der Waals surface area contributed by atoms with Crippen LogP contribution in [-0.2, 0) is 4.74 Å². The zero-order valence-corrected chi connectivity index (χ0v) is 19.5. The predicted octanol–water partition coefficient (Wildman–Crippen LogP) is 5.43. The van der Waals surface area contributed by atoms with Crippen LogP contribution in [-0.4, -0.2) is 35.6 Å². The summed E-state index contributed by atoms with van der Waals surface area (Å²) in [5, 5.41) is 23.8. The van der Waals surface area contributed by atoms with Gasteiger partial charge in [-0.05, 0) is 52.4 Å². The summed E-state index contributed by atoms with van der Waals surface area (Å²) in [5.41, 5.74) is 5.13. The Bertz CT molecular complexity index is 1060. The van der Waals surface area contributed by atoms with E-state index in [0.29, 0.717) is 15.1 Å². The lowest BCUT2D eigenvalue weighted by Crippen LogP contribution is -2.30. The molecule has 0 spiro atoms. The molecule has 2 unspecified atom stereocenters. The van der Waals surface area contributed by atoms with E-state index in [9.17, 15) is 15.0 Å². The second-order valence-corrected chi connectivity index (χ2v) is 9.11. The molecule has 4 rings (SSSR count). The number of carbonyl (C=O) groups excluding carboxylic acids is 1. The molecule has 2 atom stereocenters. The van der Waals surface area contributed by atoms with E-state index in [2.05, 4.69) is 45.5 Å². The van der Waals surface area contributed by atoms with Crippen molar-refractivity contribution >= 4 is 33.6 Å². The molecule has 1 amide bonds. The summed E-state index contributed by atoms with van der Waals surface area (Å²) in [6.07, 6.45) is -2.57. The lowest BCUT2D eigenvalue weighted by molar-refractivity contribution is 0.0136. The zero-order valence-electron chi connectivity index (χ0n) is 17.2. The van der Waals surface area contributed by atoms with Gasteiger partial charge in [-0.3, -0.25) is 0 Å². The number of hydrogen-bond donors (Lipinski definition) is 3. The highest BCUT2D eigenvalue weighted by atomic mass is 79.9. The van der Waals surface area contributed by atoms with Gasteiger partial charge in [0.15, 0.2) is 0 Å². The Morgan fingerprint density at radius 2 is 1.66 bits per heavy atom. The molecular formula is C25H23BrClNO4. The fourth-order valence-corrected chi connectivity index (χ4v) is 4.98. The van der Waals surface area contributed by atoms with Gasteiger partial charge in [-0.1, -0.05) is 76.1 Å². The van der Waals surface area contributed by atoms with Crippen molar-refractivity contribution in [3.8, 4) is 11.1 Å². The number of benzene rings is 3. The van der Waals surface area contributed by atoms with Gasteiger partial charge in [0.2, 0.25) is 0 Å². The predicted molar refractivity (Wildman–Crippen MR) is 128 cm³/mol. The van der Waals surface area contributed by atoms with Crippen LogP contribution < -0.4 is 5.32 Å². The maximum absolute atomic E-state index is 12.2. The van der Waals surface area contributed by atoms with E-state index in [-0.39, 0.29) is 25.5 Å². The Morgan fingerprint density at radius 3 is 2.28 bits per heavy atom. The molecule has 3 aromatic rings. The van der Waals surface area contributed by atoms with Crippen molar-refractivity contribution in [1.82, 2.24) is 5.32 Å². The maximum Gasteiger partial charge on any atom is 0.407 e. The summed E-state index contributed by atoms with van der Waals surface area (Å²) >= 11 is 9.32. The number of rotatable bonds is 7. The summed E-state index contributed by atoms with van der Waals surface area (Å²) in [5.74, 6) is -0.0122. The molecular weight excluding hydrogens is 494 g/mol. The number of ether oxygens (including phenoxy) is 1. The summed E-state index contributed by atoms with van der Waals surface area (Å²) in [6.45, 7) is 0.387. The first-order valence-corrected chi connectivity index (χ1v) is 11.5. The molecule has 0 radical (unpaired) electrons. The fourth-order valence-electron chi connectivity index (χ4n) is 4.10. The minimum atomic E-state index is -1.12. The highest BCUT2D eigenvalue weighted by molar-refractivity contribution is 9.10. The topological polar surface area (TPSA) is 78.8 Å². The van der Waals surface area contributed by atoms with E-state index >= 15 is 0 Å². The van der Waals surface area contributed by atoms with Crippen LogP contribution in [0.5, 0.6) is 0 Å². The molecule has 3 aromatic carbocycles. The lowest BCUT2D eigenvalue weighted by Gasteiger charge is -2.19. The molecule has 166 valence electrons. The zero-order chi connectivity index (χ0) is 22.7. The monoisotopic (exact) mass is 515 g/mol. The number of carbonyl (C=O) groups is 1. The van der Waals surface area contributed by atoms with E-state index in [1.54, 1.807) is 18.2 Å². The van der Waals surface area contributed by atoms with Crippen molar-refractivity contribution in [2.24, 2.45) is 0 Å². The van der Waals surface area contributed by atoms with Crippen molar-refractivity contribution in [1.29, 1.82) is 0 Å². The van der Waals surface area contributed by atoms with Crippen molar-refractivity contribution in [2.45, 2.75) is 24.5 Å². The molecule has 5 nitrogen and oxygen atoms in total. The number of halogens is 2. The molecule has 0 fully saturated rings. The average molecular weight is 517 g/mol. The van der Waals surface area contributed by atoms with Crippen LogP contribution in [0.15, 0.2) is 71.2 Å². The highest BCUT2D eigenvalue weighted by Gasteiger charge is 2.29. The number of alkyl carbamates (subject to hydrolysis) is 1. The van der Waals surface area contributed by atoms with Gasteiger partial charge in [-0.15, -0.1) is 0 Å². The largest absolute Gasteiger partial charge is 0.449 e. The van der Waals surface area contributed by atoms with Gasteiger partial charge >= 0.3 is 6.09 Å². The second kappa shape index (κ2) is 10.0. The van der Waals surface area contributed by atoms with Crippen LogP contribution >= 0.6 is 27.5 Å². The third-order valence-corrected chi connectivity index (χ3v) is 6.32. The lowest BCUT2D eigenvalue weighted by atomic mass is 9.98. The minimum Gasteiger partial charge on any atom is -0.449 e. The molecule has 0 saturated heterocycles. The molecule has 0 saturated carbocycles. The Morgan fingerprint density at radius 1 is 1.03 bits per heavy atom. The number of fused-ring (bicyclic) bond motifs is 3. The second-order valence-electron chi connectivity index (χ2n) is 7.76. The van der Waals surface area contributed by atoms with Crippen LogP contribution in [0.1, 0.15) is 35.1 Å². The van der Waals surface area contributed by atoms with Gasteiger partial charge < -0.3 is 20.3 Å². The standard InChI is InChI=1S/C25H23BrClNO4/c26-16-11-15(12-17(27)13-16)24(30)23(29)9-10-28-25(31)32-14-22-20-7-3-1-5-18(20)19-6-2-4-8-21(19)22/h1-8,11-13,22-24,29-30H,9-10,14H2,(H,28,31). The summed E-state index contributed by atoms with van der Waals surface area (Å²) < 4.78 is 6.19. The van der Waals surface area contributed by atoms with Gasteiger partial charge in [-0.25, -0.2) is 4.79 Å². The number of hydrogen-bond acceptors (Lipinski definition) is 4. The fraction of sp³-hybridized carbons (Fsp3) is 0.240. The smallest absolute Gasteiger partial charge is 0.407 e. The maximum atomic E-state index is 12.2. The molecule has 1 aliphatic rings.